The standard InChI is InChI=1S/C15H21FN2O/c1-3-8-18-14(19)7-6-13(17)15(18)12-9-11(16)5-4-10(12)2/h4-5,9,13,15H,3,6-8,17H2,1-2H3. The molecule has 1 amide bonds. The summed E-state index contributed by atoms with van der Waals surface area (Å²) in [7, 11) is 0. The Bertz CT molecular complexity index is 475. The van der Waals surface area contributed by atoms with Crippen molar-refractivity contribution in [3.8, 4) is 0 Å². The first kappa shape index (κ1) is 14.0. The Morgan fingerprint density at radius 1 is 1.47 bits per heavy atom. The molecule has 2 unspecified atom stereocenters. The zero-order valence-electron chi connectivity index (χ0n) is 11.5. The van der Waals surface area contributed by atoms with Crippen LogP contribution in [0.15, 0.2) is 18.2 Å². The minimum Gasteiger partial charge on any atom is -0.334 e. The highest BCUT2D eigenvalue weighted by Gasteiger charge is 2.35. The Labute approximate surface area is 113 Å². The summed E-state index contributed by atoms with van der Waals surface area (Å²) in [5.74, 6) is -0.153. The van der Waals surface area contributed by atoms with E-state index in [0.29, 0.717) is 19.4 Å². The van der Waals surface area contributed by atoms with Crippen LogP contribution < -0.4 is 5.73 Å². The van der Waals surface area contributed by atoms with E-state index in [0.717, 1.165) is 17.5 Å². The molecule has 0 spiro atoms. The maximum absolute atomic E-state index is 13.5. The molecule has 0 bridgehead atoms. The van der Waals surface area contributed by atoms with Gasteiger partial charge in [0.05, 0.1) is 6.04 Å². The van der Waals surface area contributed by atoms with Crippen LogP contribution in [0.2, 0.25) is 0 Å². The van der Waals surface area contributed by atoms with Gasteiger partial charge in [-0.2, -0.15) is 0 Å². The molecule has 0 aliphatic carbocycles. The van der Waals surface area contributed by atoms with E-state index in [1.165, 1.54) is 12.1 Å². The van der Waals surface area contributed by atoms with Gasteiger partial charge >= 0.3 is 0 Å². The smallest absolute Gasteiger partial charge is 0.223 e. The van der Waals surface area contributed by atoms with E-state index in [-0.39, 0.29) is 23.8 Å². The number of carbonyl (C=O) groups excluding carboxylic acids is 1. The summed E-state index contributed by atoms with van der Waals surface area (Å²) >= 11 is 0. The van der Waals surface area contributed by atoms with Gasteiger partial charge in [0.2, 0.25) is 5.91 Å². The molecule has 0 radical (unpaired) electrons. The lowest BCUT2D eigenvalue weighted by Crippen LogP contribution is -2.49. The molecule has 104 valence electrons. The molecule has 3 nitrogen and oxygen atoms in total. The molecule has 1 heterocycles. The van der Waals surface area contributed by atoms with Crippen molar-refractivity contribution in [3.63, 3.8) is 0 Å². The van der Waals surface area contributed by atoms with Crippen LogP contribution >= 0.6 is 0 Å². The molecule has 4 heteroatoms. The van der Waals surface area contributed by atoms with Gasteiger partial charge in [-0.25, -0.2) is 4.39 Å². The van der Waals surface area contributed by atoms with Crippen molar-refractivity contribution in [3.05, 3.63) is 35.1 Å². The number of halogens is 1. The summed E-state index contributed by atoms with van der Waals surface area (Å²) in [4.78, 5) is 13.9. The number of piperidine rings is 1. The Kier molecular flexibility index (Phi) is 4.20. The van der Waals surface area contributed by atoms with Crippen LogP contribution in [0.25, 0.3) is 0 Å². The molecular weight excluding hydrogens is 243 g/mol. The fourth-order valence-corrected chi connectivity index (χ4v) is 2.81. The molecule has 1 aliphatic rings. The number of amides is 1. The predicted molar refractivity (Wildman–Crippen MR) is 73.1 cm³/mol. The van der Waals surface area contributed by atoms with E-state index in [4.69, 9.17) is 5.73 Å². The highest BCUT2D eigenvalue weighted by atomic mass is 19.1. The molecule has 1 aromatic rings. The fraction of sp³-hybridized carbons (Fsp3) is 0.533. The summed E-state index contributed by atoms with van der Waals surface area (Å²) in [6.07, 6.45) is 2.04. The van der Waals surface area contributed by atoms with E-state index in [2.05, 4.69) is 0 Å². The first-order valence-corrected chi connectivity index (χ1v) is 6.85. The Balaban J connectivity index is 2.41. The van der Waals surface area contributed by atoms with Gasteiger partial charge in [-0.05, 0) is 43.0 Å². The highest BCUT2D eigenvalue weighted by Crippen LogP contribution is 2.33. The molecule has 19 heavy (non-hydrogen) atoms. The van der Waals surface area contributed by atoms with E-state index in [1.54, 1.807) is 6.07 Å². The number of aryl methyl sites for hydroxylation is 1. The van der Waals surface area contributed by atoms with Crippen LogP contribution in [0.4, 0.5) is 4.39 Å². The number of likely N-dealkylation sites (tertiary alicyclic amines) is 1. The molecule has 2 N–H and O–H groups in total. The van der Waals surface area contributed by atoms with Gasteiger partial charge in [0.25, 0.3) is 0 Å². The lowest BCUT2D eigenvalue weighted by Gasteiger charge is -2.40. The predicted octanol–water partition coefficient (Wildman–Crippen LogP) is 2.53. The molecular formula is C15H21FN2O. The quantitative estimate of drug-likeness (QED) is 0.912. The Hall–Kier alpha value is -1.42. The zero-order valence-corrected chi connectivity index (χ0v) is 11.5. The van der Waals surface area contributed by atoms with E-state index >= 15 is 0 Å². The topological polar surface area (TPSA) is 46.3 Å². The van der Waals surface area contributed by atoms with Crippen LogP contribution in [0.5, 0.6) is 0 Å². The minimum absolute atomic E-state index is 0.121. The number of hydrogen-bond donors (Lipinski definition) is 1. The fourth-order valence-electron chi connectivity index (χ4n) is 2.81. The first-order chi connectivity index (χ1) is 9.04. The third-order valence-corrected chi connectivity index (χ3v) is 3.78. The lowest BCUT2D eigenvalue weighted by atomic mass is 9.88. The second-order valence-corrected chi connectivity index (χ2v) is 5.24. The van der Waals surface area contributed by atoms with Crippen molar-refractivity contribution < 1.29 is 9.18 Å². The molecule has 2 atom stereocenters. The van der Waals surface area contributed by atoms with Crippen LogP contribution in [0.1, 0.15) is 43.4 Å². The second-order valence-electron chi connectivity index (χ2n) is 5.24. The molecule has 0 aromatic heterocycles. The van der Waals surface area contributed by atoms with E-state index in [9.17, 15) is 9.18 Å². The van der Waals surface area contributed by atoms with Gasteiger partial charge in [0.15, 0.2) is 0 Å². The van der Waals surface area contributed by atoms with Crippen molar-refractivity contribution in [2.45, 2.75) is 45.2 Å². The van der Waals surface area contributed by atoms with Crippen molar-refractivity contribution in [2.24, 2.45) is 5.73 Å². The average molecular weight is 264 g/mol. The zero-order chi connectivity index (χ0) is 14.0. The second kappa shape index (κ2) is 5.70. The minimum atomic E-state index is -0.276. The molecule has 1 aliphatic heterocycles. The van der Waals surface area contributed by atoms with Crippen LogP contribution in [-0.2, 0) is 4.79 Å². The summed E-state index contributed by atoms with van der Waals surface area (Å²) in [6, 6.07) is 4.39. The largest absolute Gasteiger partial charge is 0.334 e. The molecule has 2 rings (SSSR count). The first-order valence-electron chi connectivity index (χ1n) is 6.85. The van der Waals surface area contributed by atoms with Gasteiger partial charge in [0, 0.05) is 19.0 Å². The van der Waals surface area contributed by atoms with Crippen molar-refractivity contribution in [1.29, 1.82) is 0 Å². The lowest BCUT2D eigenvalue weighted by molar-refractivity contribution is -0.137. The number of carbonyl (C=O) groups is 1. The van der Waals surface area contributed by atoms with Crippen LogP contribution in [-0.4, -0.2) is 23.4 Å². The van der Waals surface area contributed by atoms with Gasteiger partial charge in [-0.15, -0.1) is 0 Å². The summed E-state index contributed by atoms with van der Waals surface area (Å²) in [5, 5.41) is 0. The third-order valence-electron chi connectivity index (χ3n) is 3.78. The number of nitrogens with two attached hydrogens (primary N) is 1. The van der Waals surface area contributed by atoms with Gasteiger partial charge in [-0.3, -0.25) is 4.79 Å². The number of rotatable bonds is 3. The summed E-state index contributed by atoms with van der Waals surface area (Å²) < 4.78 is 13.5. The SMILES string of the molecule is CCCN1C(=O)CCC(N)C1c1cc(F)ccc1C. The normalized spacial score (nSPS) is 23.8. The monoisotopic (exact) mass is 264 g/mol. The Morgan fingerprint density at radius 3 is 2.89 bits per heavy atom. The number of nitrogens with zero attached hydrogens (tertiary/aromatic N) is 1. The van der Waals surface area contributed by atoms with Crippen LogP contribution in [0.3, 0.4) is 0 Å². The molecule has 0 saturated carbocycles. The van der Waals surface area contributed by atoms with E-state index < -0.39 is 0 Å². The van der Waals surface area contributed by atoms with E-state index in [1.807, 2.05) is 18.7 Å². The third kappa shape index (κ3) is 2.78. The maximum atomic E-state index is 13.5. The highest BCUT2D eigenvalue weighted by molar-refractivity contribution is 5.78. The van der Waals surface area contributed by atoms with Crippen molar-refractivity contribution >= 4 is 5.91 Å². The maximum Gasteiger partial charge on any atom is 0.223 e. The van der Waals surface area contributed by atoms with Crippen LogP contribution in [0, 0.1) is 12.7 Å². The molecule has 1 saturated heterocycles. The Morgan fingerprint density at radius 2 is 2.21 bits per heavy atom. The number of benzene rings is 1. The van der Waals surface area contributed by atoms with Gasteiger partial charge in [-0.1, -0.05) is 13.0 Å². The molecule has 1 fully saturated rings. The van der Waals surface area contributed by atoms with Gasteiger partial charge in [0.1, 0.15) is 5.82 Å². The van der Waals surface area contributed by atoms with Crippen molar-refractivity contribution in [2.75, 3.05) is 6.54 Å². The summed E-state index contributed by atoms with van der Waals surface area (Å²) in [5.41, 5.74) is 8.02. The van der Waals surface area contributed by atoms with Gasteiger partial charge < -0.3 is 10.6 Å². The molecule has 1 aromatic carbocycles. The number of hydrogen-bond acceptors (Lipinski definition) is 2. The summed E-state index contributed by atoms with van der Waals surface area (Å²) in [6.45, 7) is 4.64. The average Bonchev–Trinajstić information content (AvgIpc) is 2.38. The van der Waals surface area contributed by atoms with Crippen molar-refractivity contribution in [1.82, 2.24) is 4.90 Å².